The number of nitrogens with zero attached hydrogens (tertiary/aromatic N) is 2. The van der Waals surface area contributed by atoms with Crippen molar-refractivity contribution in [2.75, 3.05) is 0 Å². The third-order valence-electron chi connectivity index (χ3n) is 4.59. The zero-order valence-corrected chi connectivity index (χ0v) is 15.1. The average molecular weight is 354 g/mol. The first-order chi connectivity index (χ1) is 13.1. The molecule has 0 radical (unpaired) electrons. The van der Waals surface area contributed by atoms with Gasteiger partial charge in [-0.2, -0.15) is 0 Å². The van der Waals surface area contributed by atoms with Gasteiger partial charge in [-0.25, -0.2) is 9.97 Å². The van der Waals surface area contributed by atoms with Crippen LogP contribution in [-0.2, 0) is 0 Å². The molecule has 0 fully saturated rings. The van der Waals surface area contributed by atoms with Crippen LogP contribution < -0.4 is 4.74 Å². The van der Waals surface area contributed by atoms with Crippen LogP contribution in [0, 0.1) is 13.8 Å². The molecule has 27 heavy (non-hydrogen) atoms. The number of aryl methyl sites for hydroxylation is 2. The monoisotopic (exact) mass is 354 g/mol. The van der Waals surface area contributed by atoms with Crippen LogP contribution in [-0.4, -0.2) is 19.9 Å². The van der Waals surface area contributed by atoms with E-state index in [4.69, 9.17) is 4.74 Å². The van der Waals surface area contributed by atoms with Gasteiger partial charge in [-0.3, -0.25) is 0 Å². The third kappa shape index (κ3) is 2.93. The first-order valence-corrected chi connectivity index (χ1v) is 8.85. The van der Waals surface area contributed by atoms with E-state index in [2.05, 4.69) is 51.1 Å². The largest absolute Gasteiger partial charge is 0.457 e. The maximum Gasteiger partial charge on any atom is 0.138 e. The summed E-state index contributed by atoms with van der Waals surface area (Å²) in [7, 11) is 0. The number of hydrogen-bond acceptors (Lipinski definition) is 3. The summed E-state index contributed by atoms with van der Waals surface area (Å²) in [5, 5.41) is 0. The van der Waals surface area contributed by atoms with E-state index < -0.39 is 0 Å². The fourth-order valence-electron chi connectivity index (χ4n) is 3.22. The van der Waals surface area contributed by atoms with Crippen LogP contribution in [0.3, 0.4) is 0 Å². The summed E-state index contributed by atoms with van der Waals surface area (Å²) in [4.78, 5) is 15.7. The molecule has 0 aliphatic carbocycles. The second kappa shape index (κ2) is 5.99. The van der Waals surface area contributed by atoms with Crippen molar-refractivity contribution in [3.05, 3.63) is 72.1 Å². The first kappa shape index (κ1) is 15.6. The molecule has 0 saturated heterocycles. The van der Waals surface area contributed by atoms with Crippen molar-refractivity contribution in [1.82, 2.24) is 19.9 Å². The van der Waals surface area contributed by atoms with Crippen LogP contribution in [0.1, 0.15) is 11.4 Å². The Balaban J connectivity index is 1.47. The molecule has 0 amide bonds. The summed E-state index contributed by atoms with van der Waals surface area (Å²) in [5.41, 5.74) is 6.06. The topological polar surface area (TPSA) is 66.6 Å². The molecule has 3 aromatic carbocycles. The Kier molecular flexibility index (Phi) is 3.47. The van der Waals surface area contributed by atoms with Crippen molar-refractivity contribution in [3.63, 3.8) is 0 Å². The van der Waals surface area contributed by atoms with E-state index >= 15 is 0 Å². The minimum atomic E-state index is 0.761. The minimum Gasteiger partial charge on any atom is -0.457 e. The van der Waals surface area contributed by atoms with Crippen LogP contribution >= 0.6 is 0 Å². The molecule has 5 nitrogen and oxygen atoms in total. The summed E-state index contributed by atoms with van der Waals surface area (Å²) in [6, 6.07) is 20.1. The normalized spacial score (nSPS) is 11.3. The van der Waals surface area contributed by atoms with Crippen LogP contribution in [0.2, 0.25) is 0 Å². The van der Waals surface area contributed by atoms with Crippen molar-refractivity contribution in [2.24, 2.45) is 0 Å². The number of H-pyrrole nitrogens is 2. The molecule has 0 unspecified atom stereocenters. The van der Waals surface area contributed by atoms with Gasteiger partial charge in [0.15, 0.2) is 0 Å². The van der Waals surface area contributed by atoms with Gasteiger partial charge in [0, 0.05) is 17.7 Å². The highest BCUT2D eigenvalue weighted by Crippen LogP contribution is 2.28. The Morgan fingerprint density at radius 1 is 0.704 bits per heavy atom. The van der Waals surface area contributed by atoms with Gasteiger partial charge < -0.3 is 14.7 Å². The van der Waals surface area contributed by atoms with Crippen LogP contribution in [0.15, 0.2) is 60.7 Å². The summed E-state index contributed by atoms with van der Waals surface area (Å²) in [5.74, 6) is 3.28. The summed E-state index contributed by atoms with van der Waals surface area (Å²) in [6.45, 7) is 4.02. The van der Waals surface area contributed by atoms with E-state index in [1.807, 2.05) is 43.3 Å². The molecule has 2 heterocycles. The van der Waals surface area contributed by atoms with Crippen LogP contribution in [0.25, 0.3) is 33.5 Å². The molecule has 5 rings (SSSR count). The van der Waals surface area contributed by atoms with Gasteiger partial charge in [-0.05, 0) is 38.1 Å². The molecule has 0 bridgehead atoms. The Bertz CT molecular complexity index is 1260. The van der Waals surface area contributed by atoms with Gasteiger partial charge >= 0.3 is 0 Å². The van der Waals surface area contributed by atoms with Crippen molar-refractivity contribution >= 4 is 22.1 Å². The number of fused-ring (bicyclic) bond motifs is 2. The van der Waals surface area contributed by atoms with Gasteiger partial charge in [0.1, 0.15) is 23.1 Å². The maximum atomic E-state index is 6.04. The maximum absolute atomic E-state index is 6.04. The molecule has 0 aliphatic heterocycles. The number of nitrogens with one attached hydrogen (secondary N) is 2. The molecule has 5 heteroatoms. The van der Waals surface area contributed by atoms with E-state index in [9.17, 15) is 0 Å². The molecule has 2 N–H and O–H groups in total. The Morgan fingerprint density at radius 2 is 1.33 bits per heavy atom. The first-order valence-electron chi connectivity index (χ1n) is 8.85. The number of aromatic nitrogens is 4. The van der Waals surface area contributed by atoms with E-state index in [0.717, 1.165) is 50.8 Å². The van der Waals surface area contributed by atoms with Crippen LogP contribution in [0.4, 0.5) is 0 Å². The minimum absolute atomic E-state index is 0.761. The lowest BCUT2D eigenvalue weighted by atomic mass is 10.1. The predicted molar refractivity (Wildman–Crippen MR) is 107 cm³/mol. The molecule has 0 saturated carbocycles. The van der Waals surface area contributed by atoms with Gasteiger partial charge in [0.25, 0.3) is 0 Å². The second-order valence-electron chi connectivity index (χ2n) is 6.73. The molecule has 0 atom stereocenters. The van der Waals surface area contributed by atoms with Gasteiger partial charge in [-0.15, -0.1) is 0 Å². The Hall–Kier alpha value is -3.60. The third-order valence-corrected chi connectivity index (χ3v) is 4.59. The smallest absolute Gasteiger partial charge is 0.138 e. The van der Waals surface area contributed by atoms with Crippen molar-refractivity contribution in [1.29, 1.82) is 0 Å². The Morgan fingerprint density at radius 3 is 2.04 bits per heavy atom. The summed E-state index contributed by atoms with van der Waals surface area (Å²) in [6.07, 6.45) is 0. The van der Waals surface area contributed by atoms with E-state index in [0.29, 0.717) is 0 Å². The van der Waals surface area contributed by atoms with E-state index in [1.54, 1.807) is 0 Å². The number of benzene rings is 3. The quantitative estimate of drug-likeness (QED) is 0.448. The number of hydrogen-bond donors (Lipinski definition) is 2. The fourth-order valence-corrected chi connectivity index (χ4v) is 3.22. The SMILES string of the molecule is Cc1ccc(-c2nc3ccc(Oc4ccc5nc(C)[nH]c5c4)cc3[nH]2)cc1. The molecular weight excluding hydrogens is 336 g/mol. The zero-order valence-electron chi connectivity index (χ0n) is 15.1. The standard InChI is InChI=1S/C22H18N4O/c1-13-3-5-15(6-4-13)22-25-19-10-8-17(12-21(19)26-22)27-16-7-9-18-20(11-16)24-14(2)23-18/h3-12H,1-2H3,(H,23,24)(H,25,26). The number of imidazole rings is 2. The van der Waals surface area contributed by atoms with Crippen molar-refractivity contribution < 1.29 is 4.74 Å². The van der Waals surface area contributed by atoms with Gasteiger partial charge in [0.05, 0.1) is 22.1 Å². The Labute approximate surface area is 156 Å². The predicted octanol–water partition coefficient (Wildman–Crippen LogP) is 5.52. The van der Waals surface area contributed by atoms with E-state index in [1.165, 1.54) is 5.56 Å². The highest BCUT2D eigenvalue weighted by atomic mass is 16.5. The molecule has 0 spiro atoms. The van der Waals surface area contributed by atoms with Gasteiger partial charge in [0.2, 0.25) is 0 Å². The average Bonchev–Trinajstić information content (AvgIpc) is 3.24. The second-order valence-corrected chi connectivity index (χ2v) is 6.73. The molecular formula is C22H18N4O. The molecule has 0 aliphatic rings. The zero-order chi connectivity index (χ0) is 18.4. The fraction of sp³-hybridized carbons (Fsp3) is 0.0909. The number of rotatable bonds is 3. The summed E-state index contributed by atoms with van der Waals surface area (Å²) < 4.78 is 6.04. The highest BCUT2D eigenvalue weighted by Gasteiger charge is 2.08. The number of aromatic amines is 2. The van der Waals surface area contributed by atoms with E-state index in [-0.39, 0.29) is 0 Å². The highest BCUT2D eigenvalue weighted by molar-refractivity contribution is 5.81. The summed E-state index contributed by atoms with van der Waals surface area (Å²) >= 11 is 0. The molecule has 5 aromatic rings. The van der Waals surface area contributed by atoms with Gasteiger partial charge in [-0.1, -0.05) is 29.8 Å². The molecule has 2 aromatic heterocycles. The number of ether oxygens (including phenoxy) is 1. The lowest BCUT2D eigenvalue weighted by molar-refractivity contribution is 0.484. The lowest BCUT2D eigenvalue weighted by Gasteiger charge is -2.05. The van der Waals surface area contributed by atoms with Crippen LogP contribution in [0.5, 0.6) is 11.5 Å². The van der Waals surface area contributed by atoms with Crippen molar-refractivity contribution in [3.8, 4) is 22.9 Å². The van der Waals surface area contributed by atoms with Crippen molar-refractivity contribution in [2.45, 2.75) is 13.8 Å². The lowest BCUT2D eigenvalue weighted by Crippen LogP contribution is -1.84. The molecule has 132 valence electrons.